The summed E-state index contributed by atoms with van der Waals surface area (Å²) in [5.74, 6) is 0. The molecule has 0 radical (unpaired) electrons. The molecule has 0 heterocycles. The lowest BCUT2D eigenvalue weighted by Crippen LogP contribution is -2.12. The molecule has 0 bridgehead atoms. The molecule has 0 rings (SSSR count). The molecular formula is C9H20O2. The van der Waals surface area contributed by atoms with E-state index in [1.165, 1.54) is 12.8 Å². The molecule has 68 valence electrons. The smallest absolute Gasteiger partial charge is 0.0593 e. The van der Waals surface area contributed by atoms with Crippen molar-refractivity contribution < 1.29 is 9.47 Å². The van der Waals surface area contributed by atoms with Gasteiger partial charge in [-0.15, -0.1) is 0 Å². The summed E-state index contributed by atoms with van der Waals surface area (Å²) < 4.78 is 10.2. The molecule has 0 aliphatic rings. The number of methoxy groups -OCH3 is 2. The van der Waals surface area contributed by atoms with Crippen molar-refractivity contribution in [3.8, 4) is 0 Å². The summed E-state index contributed by atoms with van der Waals surface area (Å²) in [6.45, 7) is 3.01. The largest absolute Gasteiger partial charge is 0.385 e. The van der Waals surface area contributed by atoms with Crippen molar-refractivity contribution in [3.05, 3.63) is 0 Å². The number of unbranched alkanes of at least 4 members (excludes halogenated alkanes) is 1. The molecule has 0 amide bonds. The molecule has 2 nitrogen and oxygen atoms in total. The number of ether oxygens (including phenoxy) is 2. The Bertz CT molecular complexity index is 66.0. The third-order valence-electron chi connectivity index (χ3n) is 1.86. The molecule has 0 aromatic carbocycles. The van der Waals surface area contributed by atoms with E-state index in [0.29, 0.717) is 6.10 Å². The van der Waals surface area contributed by atoms with Crippen LogP contribution in [-0.4, -0.2) is 26.9 Å². The van der Waals surface area contributed by atoms with E-state index in [4.69, 9.17) is 9.47 Å². The molecule has 2 heteroatoms. The second-order valence-corrected chi connectivity index (χ2v) is 2.78. The quantitative estimate of drug-likeness (QED) is 0.568. The van der Waals surface area contributed by atoms with Crippen LogP contribution in [0.1, 0.15) is 32.6 Å². The molecule has 0 saturated heterocycles. The highest BCUT2D eigenvalue weighted by Gasteiger charge is 2.04. The average Bonchev–Trinajstić information content (AvgIpc) is 2.05. The van der Waals surface area contributed by atoms with Gasteiger partial charge in [-0.2, -0.15) is 0 Å². The van der Waals surface area contributed by atoms with E-state index in [2.05, 4.69) is 6.92 Å². The second-order valence-electron chi connectivity index (χ2n) is 2.78. The van der Waals surface area contributed by atoms with Crippen molar-refractivity contribution in [3.63, 3.8) is 0 Å². The van der Waals surface area contributed by atoms with Crippen LogP contribution in [0.5, 0.6) is 0 Å². The zero-order chi connectivity index (χ0) is 8.53. The molecule has 0 saturated carbocycles. The van der Waals surface area contributed by atoms with Crippen molar-refractivity contribution in [1.82, 2.24) is 0 Å². The molecule has 0 spiro atoms. The minimum Gasteiger partial charge on any atom is -0.385 e. The molecule has 1 atom stereocenters. The Morgan fingerprint density at radius 2 is 1.91 bits per heavy atom. The molecule has 11 heavy (non-hydrogen) atoms. The van der Waals surface area contributed by atoms with Gasteiger partial charge in [-0.25, -0.2) is 0 Å². The maximum absolute atomic E-state index is 5.27. The maximum Gasteiger partial charge on any atom is 0.0593 e. The second kappa shape index (κ2) is 8.02. The van der Waals surface area contributed by atoms with Gasteiger partial charge in [0, 0.05) is 20.8 Å². The first kappa shape index (κ1) is 10.9. The molecule has 1 unspecified atom stereocenters. The standard InChI is InChI=1S/C9H20O2/c1-4-5-6-9(11-3)7-8-10-2/h9H,4-8H2,1-3H3. The Hall–Kier alpha value is -0.0800. The predicted molar refractivity (Wildman–Crippen MR) is 46.8 cm³/mol. The summed E-state index contributed by atoms with van der Waals surface area (Å²) >= 11 is 0. The van der Waals surface area contributed by atoms with Crippen molar-refractivity contribution in [1.29, 1.82) is 0 Å². The molecule has 0 fully saturated rings. The van der Waals surface area contributed by atoms with E-state index in [1.807, 2.05) is 0 Å². The van der Waals surface area contributed by atoms with Crippen molar-refractivity contribution in [2.75, 3.05) is 20.8 Å². The monoisotopic (exact) mass is 160 g/mol. The zero-order valence-electron chi connectivity index (χ0n) is 7.93. The molecule has 0 N–H and O–H groups in total. The summed E-state index contributed by atoms with van der Waals surface area (Å²) in [4.78, 5) is 0. The van der Waals surface area contributed by atoms with Gasteiger partial charge in [0.15, 0.2) is 0 Å². The van der Waals surface area contributed by atoms with E-state index in [0.717, 1.165) is 19.4 Å². The Morgan fingerprint density at radius 3 is 2.36 bits per heavy atom. The van der Waals surface area contributed by atoms with Crippen LogP contribution in [-0.2, 0) is 9.47 Å². The van der Waals surface area contributed by atoms with Gasteiger partial charge < -0.3 is 9.47 Å². The SMILES string of the molecule is CCCCC(CCOC)OC. The first-order chi connectivity index (χ1) is 5.35. The van der Waals surface area contributed by atoms with Crippen LogP contribution in [0.15, 0.2) is 0 Å². The summed E-state index contributed by atoms with van der Waals surface area (Å²) in [6, 6.07) is 0. The van der Waals surface area contributed by atoms with Crippen LogP contribution in [0.3, 0.4) is 0 Å². The van der Waals surface area contributed by atoms with E-state index < -0.39 is 0 Å². The summed E-state index contributed by atoms with van der Waals surface area (Å²) in [6.07, 6.45) is 5.08. The van der Waals surface area contributed by atoms with Crippen molar-refractivity contribution >= 4 is 0 Å². The van der Waals surface area contributed by atoms with Gasteiger partial charge in [0.25, 0.3) is 0 Å². The fourth-order valence-corrected chi connectivity index (χ4v) is 1.06. The highest BCUT2D eigenvalue weighted by atomic mass is 16.5. The summed E-state index contributed by atoms with van der Waals surface area (Å²) in [5.41, 5.74) is 0. The van der Waals surface area contributed by atoms with Crippen LogP contribution >= 0.6 is 0 Å². The predicted octanol–water partition coefficient (Wildman–Crippen LogP) is 2.23. The zero-order valence-corrected chi connectivity index (χ0v) is 7.93. The summed E-state index contributed by atoms with van der Waals surface area (Å²) in [5, 5.41) is 0. The lowest BCUT2D eigenvalue weighted by molar-refractivity contribution is 0.0593. The van der Waals surface area contributed by atoms with Gasteiger partial charge in [0.05, 0.1) is 6.10 Å². The minimum absolute atomic E-state index is 0.398. The van der Waals surface area contributed by atoms with Crippen LogP contribution in [0.25, 0.3) is 0 Å². The molecule has 0 aromatic rings. The third-order valence-corrected chi connectivity index (χ3v) is 1.86. The van der Waals surface area contributed by atoms with Crippen LogP contribution in [0.4, 0.5) is 0 Å². The lowest BCUT2D eigenvalue weighted by atomic mass is 10.1. The maximum atomic E-state index is 5.27. The Labute approximate surface area is 69.9 Å². The topological polar surface area (TPSA) is 18.5 Å². The molecule has 0 aromatic heterocycles. The van der Waals surface area contributed by atoms with Crippen LogP contribution < -0.4 is 0 Å². The van der Waals surface area contributed by atoms with E-state index in [9.17, 15) is 0 Å². The third kappa shape index (κ3) is 6.32. The van der Waals surface area contributed by atoms with Gasteiger partial charge in [-0.1, -0.05) is 19.8 Å². The Morgan fingerprint density at radius 1 is 1.18 bits per heavy atom. The highest BCUT2D eigenvalue weighted by molar-refractivity contribution is 4.56. The van der Waals surface area contributed by atoms with Crippen molar-refractivity contribution in [2.24, 2.45) is 0 Å². The van der Waals surface area contributed by atoms with Gasteiger partial charge in [0.1, 0.15) is 0 Å². The van der Waals surface area contributed by atoms with Gasteiger partial charge in [-0.3, -0.25) is 0 Å². The van der Waals surface area contributed by atoms with E-state index in [1.54, 1.807) is 14.2 Å². The fraction of sp³-hybridized carbons (Fsp3) is 1.00. The van der Waals surface area contributed by atoms with Gasteiger partial charge in [-0.05, 0) is 12.8 Å². The minimum atomic E-state index is 0.398. The van der Waals surface area contributed by atoms with E-state index >= 15 is 0 Å². The number of hydrogen-bond donors (Lipinski definition) is 0. The van der Waals surface area contributed by atoms with E-state index in [-0.39, 0.29) is 0 Å². The number of hydrogen-bond acceptors (Lipinski definition) is 2. The fourth-order valence-electron chi connectivity index (χ4n) is 1.06. The van der Waals surface area contributed by atoms with Crippen molar-refractivity contribution in [2.45, 2.75) is 38.7 Å². The van der Waals surface area contributed by atoms with Crippen LogP contribution in [0.2, 0.25) is 0 Å². The molecule has 0 aliphatic carbocycles. The lowest BCUT2D eigenvalue weighted by Gasteiger charge is -2.13. The van der Waals surface area contributed by atoms with Crippen LogP contribution in [0, 0.1) is 0 Å². The highest BCUT2D eigenvalue weighted by Crippen LogP contribution is 2.07. The first-order valence-corrected chi connectivity index (χ1v) is 4.36. The number of rotatable bonds is 7. The Balaban J connectivity index is 3.25. The normalized spacial score (nSPS) is 13.4. The van der Waals surface area contributed by atoms with Gasteiger partial charge >= 0.3 is 0 Å². The first-order valence-electron chi connectivity index (χ1n) is 4.36. The average molecular weight is 160 g/mol. The summed E-state index contributed by atoms with van der Waals surface area (Å²) in [7, 11) is 3.50. The van der Waals surface area contributed by atoms with Gasteiger partial charge in [0.2, 0.25) is 0 Å². The molecular weight excluding hydrogens is 140 g/mol. The Kier molecular flexibility index (Phi) is 7.96. The molecule has 0 aliphatic heterocycles.